The molecule has 0 aliphatic heterocycles. The Kier molecular flexibility index (Phi) is 9.76. The Morgan fingerprint density at radius 1 is 1.38 bits per heavy atom. The van der Waals surface area contributed by atoms with Gasteiger partial charge in [0.1, 0.15) is 21.9 Å². The van der Waals surface area contributed by atoms with Gasteiger partial charge in [0.2, 0.25) is 10.0 Å². The zero-order valence-corrected chi connectivity index (χ0v) is 20.8. The van der Waals surface area contributed by atoms with E-state index in [0.717, 1.165) is 11.3 Å². The second-order valence-corrected chi connectivity index (χ2v) is 10.0. The van der Waals surface area contributed by atoms with Crippen LogP contribution in [0.5, 0.6) is 0 Å². The molecule has 0 bridgehead atoms. The molecule has 0 aliphatic rings. The van der Waals surface area contributed by atoms with Gasteiger partial charge >= 0.3 is 5.97 Å². The highest BCUT2D eigenvalue weighted by molar-refractivity contribution is 7.89. The fraction of sp³-hybridized carbons (Fsp3) is 0.318. The summed E-state index contributed by atoms with van der Waals surface area (Å²) in [5.74, 6) is -0.843. The van der Waals surface area contributed by atoms with E-state index in [1.807, 2.05) is 25.1 Å². The Labute approximate surface area is 202 Å². The lowest BCUT2D eigenvalue weighted by molar-refractivity contribution is -0.135. The molecule has 0 unspecified atom stereocenters. The van der Waals surface area contributed by atoms with Gasteiger partial charge in [0, 0.05) is 31.5 Å². The van der Waals surface area contributed by atoms with Gasteiger partial charge in [-0.15, -0.1) is 11.3 Å². The molecule has 0 fully saturated rings. The SMILES string of the molecule is C=CCOC(=O)C(C#N)=c1sc(=CNc2cccc(S(=O)(=O)NCCN(C)C)c2)c(=O)n1CC. The fourth-order valence-corrected chi connectivity index (χ4v) is 4.91. The van der Waals surface area contributed by atoms with Crippen LogP contribution in [0.3, 0.4) is 0 Å². The van der Waals surface area contributed by atoms with E-state index in [2.05, 4.69) is 16.6 Å². The second-order valence-electron chi connectivity index (χ2n) is 7.21. The van der Waals surface area contributed by atoms with Crippen molar-refractivity contribution in [3.05, 3.63) is 56.5 Å². The number of ether oxygens (including phenoxy) is 1. The maximum Gasteiger partial charge on any atom is 0.352 e. The van der Waals surface area contributed by atoms with Crippen molar-refractivity contribution in [2.75, 3.05) is 39.1 Å². The quantitative estimate of drug-likeness (QED) is 0.323. The number of thiazole rings is 1. The third-order valence-electron chi connectivity index (χ3n) is 4.45. The standard InChI is InChI=1S/C22H27N5O5S2/c1-5-12-32-22(29)18(14-23)21-27(6-2)20(28)19(33-21)15-24-16-8-7-9-17(13-16)34(30,31)25-10-11-26(3)4/h5,7-9,13,15,24-25H,1,6,10-12H2,2-4H3. The number of nitriles is 1. The van der Waals surface area contributed by atoms with Crippen LogP contribution in [-0.2, 0) is 26.1 Å². The maximum absolute atomic E-state index is 12.8. The molecule has 182 valence electrons. The Morgan fingerprint density at radius 3 is 2.74 bits per heavy atom. The number of hydrogen-bond donors (Lipinski definition) is 2. The van der Waals surface area contributed by atoms with Gasteiger partial charge in [-0.2, -0.15) is 5.26 Å². The van der Waals surface area contributed by atoms with E-state index in [-0.39, 0.29) is 39.4 Å². The zero-order chi connectivity index (χ0) is 25.3. The molecule has 2 rings (SSSR count). The van der Waals surface area contributed by atoms with Crippen molar-refractivity contribution in [3.8, 4) is 6.07 Å². The summed E-state index contributed by atoms with van der Waals surface area (Å²) in [6.07, 6.45) is 2.79. The molecule has 0 saturated carbocycles. The van der Waals surface area contributed by atoms with Crippen LogP contribution in [0, 0.1) is 11.3 Å². The summed E-state index contributed by atoms with van der Waals surface area (Å²) in [5, 5.41) is 12.4. The lowest BCUT2D eigenvalue weighted by atomic mass is 10.3. The van der Waals surface area contributed by atoms with Gasteiger partial charge in [-0.25, -0.2) is 17.9 Å². The van der Waals surface area contributed by atoms with Gasteiger partial charge in [-0.05, 0) is 39.2 Å². The molecule has 0 aliphatic carbocycles. The molecule has 0 amide bonds. The van der Waals surface area contributed by atoms with Gasteiger partial charge in [-0.3, -0.25) is 9.36 Å². The van der Waals surface area contributed by atoms with Crippen LogP contribution in [0.15, 0.2) is 46.6 Å². The Bertz CT molecular complexity index is 1370. The summed E-state index contributed by atoms with van der Waals surface area (Å²) in [7, 11) is -0.00766. The molecule has 1 aromatic heterocycles. The lowest BCUT2D eigenvalue weighted by Crippen LogP contribution is -2.32. The second kappa shape index (κ2) is 12.3. The first-order valence-electron chi connectivity index (χ1n) is 10.3. The Balaban J connectivity index is 2.40. The first kappa shape index (κ1) is 27.0. The molecule has 10 nitrogen and oxygen atoms in total. The molecule has 2 aromatic rings. The molecule has 1 aromatic carbocycles. The van der Waals surface area contributed by atoms with E-state index >= 15 is 0 Å². The number of carbonyl (C=O) groups is 1. The summed E-state index contributed by atoms with van der Waals surface area (Å²) >= 11 is 0.959. The lowest BCUT2D eigenvalue weighted by Gasteiger charge is -2.11. The number of benzene rings is 1. The van der Waals surface area contributed by atoms with E-state index in [1.165, 1.54) is 29.0 Å². The number of sulfonamides is 1. The molecular weight excluding hydrogens is 478 g/mol. The highest BCUT2D eigenvalue weighted by atomic mass is 32.2. The van der Waals surface area contributed by atoms with Crippen molar-refractivity contribution in [3.63, 3.8) is 0 Å². The van der Waals surface area contributed by atoms with Crippen molar-refractivity contribution in [2.45, 2.75) is 18.4 Å². The number of nitrogens with zero attached hydrogens (tertiary/aromatic N) is 3. The number of anilines is 1. The molecule has 12 heteroatoms. The summed E-state index contributed by atoms with van der Waals surface area (Å²) in [6.45, 7) is 6.18. The van der Waals surface area contributed by atoms with Crippen LogP contribution >= 0.6 is 11.3 Å². The minimum atomic E-state index is -3.70. The minimum Gasteiger partial charge on any atom is -0.457 e. The van der Waals surface area contributed by atoms with Crippen LogP contribution in [0.25, 0.3) is 11.8 Å². The van der Waals surface area contributed by atoms with Crippen LogP contribution in [0.1, 0.15) is 6.92 Å². The molecular formula is C22H27N5O5S2. The predicted molar refractivity (Wildman–Crippen MR) is 132 cm³/mol. The normalized spacial score (nSPS) is 12.9. The number of esters is 1. The maximum atomic E-state index is 12.8. The van der Waals surface area contributed by atoms with E-state index in [9.17, 15) is 23.3 Å². The topological polar surface area (TPSA) is 134 Å². The van der Waals surface area contributed by atoms with Crippen LogP contribution in [-0.4, -0.2) is 57.6 Å². The third kappa shape index (κ3) is 6.88. The van der Waals surface area contributed by atoms with Crippen LogP contribution < -0.4 is 24.8 Å². The van der Waals surface area contributed by atoms with Crippen molar-refractivity contribution in [1.82, 2.24) is 14.2 Å². The Hall–Kier alpha value is -3.24. The largest absolute Gasteiger partial charge is 0.457 e. The third-order valence-corrected chi connectivity index (χ3v) is 7.04. The van der Waals surface area contributed by atoms with E-state index in [4.69, 9.17) is 4.74 Å². The van der Waals surface area contributed by atoms with Crippen molar-refractivity contribution >= 4 is 44.8 Å². The van der Waals surface area contributed by atoms with E-state index in [1.54, 1.807) is 19.1 Å². The van der Waals surface area contributed by atoms with Gasteiger partial charge in [0.25, 0.3) is 5.56 Å². The molecule has 1 heterocycles. The van der Waals surface area contributed by atoms with Gasteiger partial charge in [-0.1, -0.05) is 18.7 Å². The van der Waals surface area contributed by atoms with Crippen molar-refractivity contribution in [1.29, 1.82) is 5.26 Å². The number of rotatable bonds is 11. The smallest absolute Gasteiger partial charge is 0.352 e. The highest BCUT2D eigenvalue weighted by Crippen LogP contribution is 2.15. The number of hydrogen-bond acceptors (Lipinski definition) is 9. The highest BCUT2D eigenvalue weighted by Gasteiger charge is 2.17. The summed E-state index contributed by atoms with van der Waals surface area (Å²) in [5.41, 5.74) is -0.224. The minimum absolute atomic E-state index is 0.0600. The van der Waals surface area contributed by atoms with Crippen molar-refractivity contribution < 1.29 is 17.9 Å². The van der Waals surface area contributed by atoms with Gasteiger partial charge < -0.3 is 15.0 Å². The predicted octanol–water partition coefficient (Wildman–Crippen LogP) is 0.0232. The molecule has 0 radical (unpaired) electrons. The first-order valence-corrected chi connectivity index (χ1v) is 12.6. The molecule has 0 atom stereocenters. The molecule has 34 heavy (non-hydrogen) atoms. The number of aromatic nitrogens is 1. The zero-order valence-electron chi connectivity index (χ0n) is 19.2. The molecule has 0 spiro atoms. The van der Waals surface area contributed by atoms with Gasteiger partial charge in [0.05, 0.1) is 4.90 Å². The van der Waals surface area contributed by atoms with Crippen molar-refractivity contribution in [2.24, 2.45) is 0 Å². The average Bonchev–Trinajstić information content (AvgIpc) is 3.11. The van der Waals surface area contributed by atoms with Crippen LogP contribution in [0.2, 0.25) is 0 Å². The van der Waals surface area contributed by atoms with Gasteiger partial charge in [0.15, 0.2) is 5.57 Å². The summed E-state index contributed by atoms with van der Waals surface area (Å²) in [6, 6.07) is 7.96. The summed E-state index contributed by atoms with van der Waals surface area (Å²) < 4.78 is 34.3. The fourth-order valence-electron chi connectivity index (χ4n) is 2.77. The molecule has 2 N–H and O–H groups in total. The van der Waals surface area contributed by atoms with E-state index in [0.29, 0.717) is 12.2 Å². The molecule has 0 saturated heterocycles. The number of likely N-dealkylation sites (N-methyl/N-ethyl adjacent to an activating group) is 1. The Morgan fingerprint density at radius 2 is 2.12 bits per heavy atom. The van der Waals surface area contributed by atoms with E-state index < -0.39 is 21.6 Å². The average molecular weight is 506 g/mol. The summed E-state index contributed by atoms with van der Waals surface area (Å²) in [4.78, 5) is 27.0. The van der Waals surface area contributed by atoms with Crippen LogP contribution in [0.4, 0.5) is 5.69 Å². The first-order chi connectivity index (χ1) is 16.1. The number of carbonyl (C=O) groups excluding carboxylic acids is 1. The number of nitrogens with one attached hydrogen (secondary N) is 2. The monoisotopic (exact) mass is 505 g/mol.